The normalized spacial score (nSPS) is 32.0. The van der Waals surface area contributed by atoms with Gasteiger partial charge in [0.15, 0.2) is 0 Å². The molecule has 7 nitrogen and oxygen atoms in total. The fourth-order valence-electron chi connectivity index (χ4n) is 5.14. The van der Waals surface area contributed by atoms with Gasteiger partial charge in [-0.3, -0.25) is 14.5 Å². The molecule has 0 aromatic heterocycles. The molecule has 1 aliphatic carbocycles. The first-order valence-corrected chi connectivity index (χ1v) is 10.5. The summed E-state index contributed by atoms with van der Waals surface area (Å²) in [5.74, 6) is 0.295. The second-order valence-electron chi connectivity index (χ2n) is 8.86. The van der Waals surface area contributed by atoms with Gasteiger partial charge in [-0.05, 0) is 70.0 Å². The van der Waals surface area contributed by atoms with Crippen LogP contribution in [0.2, 0.25) is 0 Å². The van der Waals surface area contributed by atoms with Gasteiger partial charge in [0.2, 0.25) is 5.91 Å². The predicted octanol–water partition coefficient (Wildman–Crippen LogP) is 1.73. The maximum absolute atomic E-state index is 12.9. The zero-order chi connectivity index (χ0) is 19.4. The molecule has 3 aliphatic rings. The number of hydrogen-bond donors (Lipinski definition) is 2. The Labute approximate surface area is 162 Å². The Balaban J connectivity index is 1.44. The van der Waals surface area contributed by atoms with Crippen LogP contribution in [0.4, 0.5) is 4.79 Å². The zero-order valence-corrected chi connectivity index (χ0v) is 16.8. The molecule has 0 bridgehead atoms. The number of nitrogens with one attached hydrogen (secondary N) is 2. The highest BCUT2D eigenvalue weighted by Gasteiger charge is 2.54. The lowest BCUT2D eigenvalue weighted by molar-refractivity contribution is -0.136. The molecule has 3 rings (SSSR count). The third-order valence-electron chi connectivity index (χ3n) is 6.17. The van der Waals surface area contributed by atoms with Crippen molar-refractivity contribution < 1.29 is 14.4 Å². The van der Waals surface area contributed by atoms with Crippen LogP contribution in [0.5, 0.6) is 0 Å². The number of carbonyl (C=O) groups is 3. The monoisotopic (exact) mass is 378 g/mol. The van der Waals surface area contributed by atoms with E-state index in [-0.39, 0.29) is 18.4 Å². The lowest BCUT2D eigenvalue weighted by Gasteiger charge is -2.37. The molecule has 1 spiro atoms. The largest absolute Gasteiger partial charge is 0.354 e. The first-order chi connectivity index (χ1) is 12.9. The smallest absolute Gasteiger partial charge is 0.325 e. The fourth-order valence-corrected chi connectivity index (χ4v) is 5.14. The molecular formula is C20H34N4O3. The Morgan fingerprint density at radius 2 is 1.81 bits per heavy atom. The van der Waals surface area contributed by atoms with Gasteiger partial charge in [-0.1, -0.05) is 20.3 Å². The van der Waals surface area contributed by atoms with E-state index in [1.165, 1.54) is 19.3 Å². The van der Waals surface area contributed by atoms with E-state index < -0.39 is 11.6 Å². The lowest BCUT2D eigenvalue weighted by atomic mass is 9.71. The number of nitrogens with zero attached hydrogens (tertiary/aromatic N) is 2. The van der Waals surface area contributed by atoms with Crippen LogP contribution in [-0.4, -0.2) is 65.9 Å². The van der Waals surface area contributed by atoms with Crippen LogP contribution in [0.25, 0.3) is 0 Å². The molecule has 0 aromatic carbocycles. The van der Waals surface area contributed by atoms with E-state index in [9.17, 15) is 14.4 Å². The molecule has 2 aliphatic heterocycles. The first kappa shape index (κ1) is 20.1. The molecule has 3 fully saturated rings. The van der Waals surface area contributed by atoms with E-state index in [4.69, 9.17) is 0 Å². The Morgan fingerprint density at radius 3 is 2.48 bits per heavy atom. The number of imide groups is 1. The third-order valence-corrected chi connectivity index (χ3v) is 6.17. The Kier molecular flexibility index (Phi) is 6.40. The zero-order valence-electron chi connectivity index (χ0n) is 16.8. The molecule has 7 heteroatoms. The molecule has 2 atom stereocenters. The highest BCUT2D eigenvalue weighted by atomic mass is 16.2. The average molecular weight is 379 g/mol. The summed E-state index contributed by atoms with van der Waals surface area (Å²) in [5, 5.41) is 5.76. The third kappa shape index (κ3) is 4.81. The summed E-state index contributed by atoms with van der Waals surface area (Å²) in [6.45, 7) is 7.92. The van der Waals surface area contributed by atoms with Crippen molar-refractivity contribution in [2.75, 3.05) is 32.7 Å². The summed E-state index contributed by atoms with van der Waals surface area (Å²) < 4.78 is 0. The SMILES string of the molecule is CC1CC(C)CC2(C1)NC(=O)N(CC(=O)NCCCN1CCCCC1)C2=O. The van der Waals surface area contributed by atoms with Crippen LogP contribution in [0.3, 0.4) is 0 Å². The van der Waals surface area contributed by atoms with Gasteiger partial charge in [0.1, 0.15) is 12.1 Å². The highest BCUT2D eigenvalue weighted by molar-refractivity contribution is 6.09. The van der Waals surface area contributed by atoms with E-state index in [0.29, 0.717) is 31.2 Å². The van der Waals surface area contributed by atoms with Gasteiger partial charge in [-0.2, -0.15) is 0 Å². The van der Waals surface area contributed by atoms with Crippen LogP contribution >= 0.6 is 0 Å². The van der Waals surface area contributed by atoms with Gasteiger partial charge in [0.25, 0.3) is 5.91 Å². The molecule has 2 heterocycles. The van der Waals surface area contributed by atoms with E-state index in [0.717, 1.165) is 37.4 Å². The van der Waals surface area contributed by atoms with Crippen LogP contribution in [0, 0.1) is 11.8 Å². The maximum atomic E-state index is 12.9. The molecule has 2 N–H and O–H groups in total. The topological polar surface area (TPSA) is 81.8 Å². The fraction of sp³-hybridized carbons (Fsp3) is 0.850. The van der Waals surface area contributed by atoms with Crippen molar-refractivity contribution in [2.45, 2.75) is 64.3 Å². The number of amides is 4. The van der Waals surface area contributed by atoms with Gasteiger partial charge in [-0.25, -0.2) is 4.79 Å². The van der Waals surface area contributed by atoms with Crippen molar-refractivity contribution in [3.05, 3.63) is 0 Å². The molecule has 152 valence electrons. The first-order valence-electron chi connectivity index (χ1n) is 10.5. The standard InChI is InChI=1S/C20H34N4O3/c1-15-11-16(2)13-20(12-15)18(26)24(19(27)22-20)14-17(25)21-7-6-10-23-8-4-3-5-9-23/h15-16H,3-14H2,1-2H3,(H,21,25)(H,22,27). The van der Waals surface area contributed by atoms with Crippen LogP contribution in [0.15, 0.2) is 0 Å². The highest BCUT2D eigenvalue weighted by Crippen LogP contribution is 2.39. The molecule has 0 radical (unpaired) electrons. The molecular weight excluding hydrogens is 344 g/mol. The second kappa shape index (κ2) is 8.59. The minimum absolute atomic E-state index is 0.182. The number of likely N-dealkylation sites (tertiary alicyclic amines) is 1. The van der Waals surface area contributed by atoms with Gasteiger partial charge < -0.3 is 15.5 Å². The number of hydrogen-bond acceptors (Lipinski definition) is 4. The van der Waals surface area contributed by atoms with Crippen molar-refractivity contribution in [1.82, 2.24) is 20.4 Å². The molecule has 1 saturated carbocycles. The van der Waals surface area contributed by atoms with Crippen LogP contribution < -0.4 is 10.6 Å². The summed E-state index contributed by atoms with van der Waals surface area (Å²) in [4.78, 5) is 41.0. The molecule has 0 aromatic rings. The lowest BCUT2D eigenvalue weighted by Crippen LogP contribution is -2.52. The Hall–Kier alpha value is -1.63. The van der Waals surface area contributed by atoms with Crippen molar-refractivity contribution in [1.29, 1.82) is 0 Å². The van der Waals surface area contributed by atoms with Gasteiger partial charge in [0, 0.05) is 6.54 Å². The maximum Gasteiger partial charge on any atom is 0.325 e. The van der Waals surface area contributed by atoms with E-state index in [1.54, 1.807) is 0 Å². The predicted molar refractivity (Wildman–Crippen MR) is 103 cm³/mol. The van der Waals surface area contributed by atoms with Gasteiger partial charge in [-0.15, -0.1) is 0 Å². The quantitative estimate of drug-likeness (QED) is 0.545. The molecule has 4 amide bonds. The number of piperidine rings is 1. The van der Waals surface area contributed by atoms with Crippen molar-refractivity contribution in [2.24, 2.45) is 11.8 Å². The second-order valence-corrected chi connectivity index (χ2v) is 8.86. The minimum Gasteiger partial charge on any atom is -0.354 e. The Morgan fingerprint density at radius 1 is 1.15 bits per heavy atom. The van der Waals surface area contributed by atoms with Crippen LogP contribution in [0.1, 0.15) is 58.8 Å². The van der Waals surface area contributed by atoms with Crippen molar-refractivity contribution >= 4 is 17.8 Å². The van der Waals surface area contributed by atoms with E-state index in [1.807, 2.05) is 0 Å². The Bertz CT molecular complexity index is 564. The minimum atomic E-state index is -0.803. The molecule has 2 saturated heterocycles. The summed E-state index contributed by atoms with van der Waals surface area (Å²) in [7, 11) is 0. The number of rotatable bonds is 6. The summed E-state index contributed by atoms with van der Waals surface area (Å²) in [5.41, 5.74) is -0.803. The van der Waals surface area contributed by atoms with E-state index in [2.05, 4.69) is 29.4 Å². The average Bonchev–Trinajstić information content (AvgIpc) is 2.82. The van der Waals surface area contributed by atoms with E-state index >= 15 is 0 Å². The number of carbonyl (C=O) groups excluding carboxylic acids is 3. The summed E-state index contributed by atoms with van der Waals surface area (Å²) in [6, 6.07) is -0.426. The molecule has 27 heavy (non-hydrogen) atoms. The van der Waals surface area contributed by atoms with Crippen molar-refractivity contribution in [3.63, 3.8) is 0 Å². The van der Waals surface area contributed by atoms with Crippen molar-refractivity contribution in [3.8, 4) is 0 Å². The number of urea groups is 1. The van der Waals surface area contributed by atoms with Gasteiger partial charge >= 0.3 is 6.03 Å². The van der Waals surface area contributed by atoms with Gasteiger partial charge in [0.05, 0.1) is 0 Å². The van der Waals surface area contributed by atoms with Crippen LogP contribution in [-0.2, 0) is 9.59 Å². The summed E-state index contributed by atoms with van der Waals surface area (Å²) in [6.07, 6.45) is 7.13. The summed E-state index contributed by atoms with van der Waals surface area (Å²) >= 11 is 0. The molecule has 2 unspecified atom stereocenters.